The Bertz CT molecular complexity index is 551. The Morgan fingerprint density at radius 3 is 3.06 bits per heavy atom. The van der Waals surface area contributed by atoms with Crippen molar-refractivity contribution in [1.29, 1.82) is 0 Å². The second-order valence-corrected chi connectivity index (χ2v) is 5.37. The molecule has 0 saturated carbocycles. The van der Waals surface area contributed by atoms with Gasteiger partial charge in [-0.3, -0.25) is 9.78 Å². The maximum Gasteiger partial charge on any atom is 0.222 e. The van der Waals surface area contributed by atoms with Crippen molar-refractivity contribution in [3.63, 3.8) is 0 Å². The summed E-state index contributed by atoms with van der Waals surface area (Å²) in [6.07, 6.45) is 3.58. The number of aromatic nitrogens is 1. The number of likely N-dealkylation sites (tertiary alicyclic amines) is 1. The fraction of sp³-hybridized carbons (Fsp3) is 0.286. The SMILES string of the molecule is O=C1CCCN1Cc1cccc(-c2cncs2)c1. The summed E-state index contributed by atoms with van der Waals surface area (Å²) in [6.45, 7) is 1.62. The van der Waals surface area contributed by atoms with Crippen LogP contribution in [0.2, 0.25) is 0 Å². The van der Waals surface area contributed by atoms with Gasteiger partial charge in [0.2, 0.25) is 5.91 Å². The number of nitrogens with zero attached hydrogens (tertiary/aromatic N) is 2. The van der Waals surface area contributed by atoms with Gasteiger partial charge in [0.05, 0.1) is 10.4 Å². The standard InChI is InChI=1S/C14H14N2OS/c17-14-5-2-6-16(14)9-11-3-1-4-12(7-11)13-8-15-10-18-13/h1,3-4,7-8,10H,2,5-6,9H2. The van der Waals surface area contributed by atoms with Crippen LogP contribution in [0.5, 0.6) is 0 Å². The summed E-state index contributed by atoms with van der Waals surface area (Å²) in [6, 6.07) is 8.36. The van der Waals surface area contributed by atoms with Crippen LogP contribution in [0, 0.1) is 0 Å². The molecule has 1 aliphatic rings. The van der Waals surface area contributed by atoms with E-state index in [1.54, 1.807) is 11.3 Å². The van der Waals surface area contributed by atoms with E-state index < -0.39 is 0 Å². The Hall–Kier alpha value is -1.68. The third kappa shape index (κ3) is 2.29. The molecule has 0 spiro atoms. The lowest BCUT2D eigenvalue weighted by Crippen LogP contribution is -2.23. The zero-order valence-electron chi connectivity index (χ0n) is 10.0. The molecule has 1 aromatic heterocycles. The average molecular weight is 258 g/mol. The van der Waals surface area contributed by atoms with Crippen LogP contribution in [0.4, 0.5) is 0 Å². The van der Waals surface area contributed by atoms with Gasteiger partial charge in [0.1, 0.15) is 0 Å². The molecule has 0 atom stereocenters. The predicted molar refractivity (Wildman–Crippen MR) is 72.2 cm³/mol. The molecule has 18 heavy (non-hydrogen) atoms. The topological polar surface area (TPSA) is 33.2 Å². The van der Waals surface area contributed by atoms with E-state index in [4.69, 9.17) is 0 Å². The van der Waals surface area contributed by atoms with Gasteiger partial charge < -0.3 is 4.90 Å². The molecule has 92 valence electrons. The minimum absolute atomic E-state index is 0.276. The third-order valence-electron chi connectivity index (χ3n) is 3.19. The minimum Gasteiger partial charge on any atom is -0.338 e. The van der Waals surface area contributed by atoms with Crippen LogP contribution in [0.15, 0.2) is 36.0 Å². The highest BCUT2D eigenvalue weighted by molar-refractivity contribution is 7.13. The number of carbonyl (C=O) groups excluding carboxylic acids is 1. The van der Waals surface area contributed by atoms with Crippen molar-refractivity contribution in [2.24, 2.45) is 0 Å². The molecule has 0 N–H and O–H groups in total. The van der Waals surface area contributed by atoms with Gasteiger partial charge in [-0.2, -0.15) is 0 Å². The second-order valence-electron chi connectivity index (χ2n) is 4.48. The minimum atomic E-state index is 0.276. The van der Waals surface area contributed by atoms with Gasteiger partial charge in [-0.05, 0) is 23.6 Å². The largest absolute Gasteiger partial charge is 0.338 e. The molecule has 0 bridgehead atoms. The first-order valence-corrected chi connectivity index (χ1v) is 6.96. The fourth-order valence-corrected chi connectivity index (χ4v) is 2.89. The number of thiazole rings is 1. The second kappa shape index (κ2) is 4.90. The van der Waals surface area contributed by atoms with Crippen molar-refractivity contribution >= 4 is 17.2 Å². The highest BCUT2D eigenvalue weighted by atomic mass is 32.1. The van der Waals surface area contributed by atoms with Gasteiger partial charge in [0.15, 0.2) is 0 Å². The first kappa shape index (κ1) is 11.4. The number of benzene rings is 1. The summed E-state index contributed by atoms with van der Waals surface area (Å²) in [5.74, 6) is 0.276. The summed E-state index contributed by atoms with van der Waals surface area (Å²) >= 11 is 1.64. The lowest BCUT2D eigenvalue weighted by molar-refractivity contribution is -0.128. The van der Waals surface area contributed by atoms with Crippen LogP contribution >= 0.6 is 11.3 Å². The van der Waals surface area contributed by atoms with Crippen LogP contribution in [-0.4, -0.2) is 22.3 Å². The number of carbonyl (C=O) groups is 1. The highest BCUT2D eigenvalue weighted by Crippen LogP contribution is 2.25. The molecular weight excluding hydrogens is 244 g/mol. The van der Waals surface area contributed by atoms with Gasteiger partial charge >= 0.3 is 0 Å². The molecule has 4 heteroatoms. The number of rotatable bonds is 3. The number of hydrogen-bond donors (Lipinski definition) is 0. The maximum absolute atomic E-state index is 11.6. The smallest absolute Gasteiger partial charge is 0.222 e. The molecule has 3 rings (SSSR count). The van der Waals surface area contributed by atoms with Gasteiger partial charge in [-0.1, -0.05) is 18.2 Å². The van der Waals surface area contributed by atoms with Crippen molar-refractivity contribution in [3.8, 4) is 10.4 Å². The Labute approximate surface area is 110 Å². The van der Waals surface area contributed by atoms with Crippen LogP contribution in [0.3, 0.4) is 0 Å². The van der Waals surface area contributed by atoms with Gasteiger partial charge in [-0.25, -0.2) is 0 Å². The summed E-state index contributed by atoms with van der Waals surface area (Å²) in [5.41, 5.74) is 4.21. The monoisotopic (exact) mass is 258 g/mol. The zero-order chi connectivity index (χ0) is 12.4. The molecule has 0 unspecified atom stereocenters. The van der Waals surface area contributed by atoms with E-state index >= 15 is 0 Å². The number of hydrogen-bond acceptors (Lipinski definition) is 3. The summed E-state index contributed by atoms with van der Waals surface area (Å²) in [4.78, 5) is 18.8. The summed E-state index contributed by atoms with van der Waals surface area (Å²) in [7, 11) is 0. The first-order chi connectivity index (χ1) is 8.83. The lowest BCUT2D eigenvalue weighted by atomic mass is 10.1. The van der Waals surface area contributed by atoms with Gasteiger partial charge in [-0.15, -0.1) is 11.3 Å². The Kier molecular flexibility index (Phi) is 3.11. The van der Waals surface area contributed by atoms with Gasteiger partial charge in [0, 0.05) is 25.7 Å². The molecule has 0 aliphatic carbocycles. The van der Waals surface area contributed by atoms with Crippen molar-refractivity contribution in [3.05, 3.63) is 41.5 Å². The lowest BCUT2D eigenvalue weighted by Gasteiger charge is -2.15. The molecule has 0 radical (unpaired) electrons. The maximum atomic E-state index is 11.6. The Balaban J connectivity index is 1.81. The Morgan fingerprint density at radius 2 is 2.33 bits per heavy atom. The zero-order valence-corrected chi connectivity index (χ0v) is 10.8. The van der Waals surface area contributed by atoms with Crippen LogP contribution < -0.4 is 0 Å². The van der Waals surface area contributed by atoms with Crippen molar-refractivity contribution < 1.29 is 4.79 Å². The van der Waals surface area contributed by atoms with Crippen molar-refractivity contribution in [2.45, 2.75) is 19.4 Å². The third-order valence-corrected chi connectivity index (χ3v) is 4.01. The molecule has 3 nitrogen and oxygen atoms in total. The van der Waals surface area contributed by atoms with Crippen molar-refractivity contribution in [1.82, 2.24) is 9.88 Å². The summed E-state index contributed by atoms with van der Waals surface area (Å²) < 4.78 is 0. The summed E-state index contributed by atoms with van der Waals surface area (Å²) in [5, 5.41) is 0. The normalized spacial score (nSPS) is 15.3. The van der Waals surface area contributed by atoms with Crippen molar-refractivity contribution in [2.75, 3.05) is 6.54 Å². The van der Waals surface area contributed by atoms with E-state index in [0.29, 0.717) is 6.42 Å². The molecule has 2 aromatic rings. The van der Waals surface area contributed by atoms with E-state index in [1.807, 2.05) is 22.7 Å². The van der Waals surface area contributed by atoms with E-state index in [-0.39, 0.29) is 5.91 Å². The molecule has 1 aromatic carbocycles. The van der Waals surface area contributed by atoms with Crippen LogP contribution in [0.1, 0.15) is 18.4 Å². The molecule has 1 saturated heterocycles. The van der Waals surface area contributed by atoms with E-state index in [2.05, 4.69) is 23.2 Å². The fourth-order valence-electron chi connectivity index (χ4n) is 2.27. The van der Waals surface area contributed by atoms with E-state index in [9.17, 15) is 4.79 Å². The highest BCUT2D eigenvalue weighted by Gasteiger charge is 2.19. The van der Waals surface area contributed by atoms with Crippen LogP contribution in [0.25, 0.3) is 10.4 Å². The first-order valence-electron chi connectivity index (χ1n) is 6.08. The molecule has 1 fully saturated rings. The number of amides is 1. The average Bonchev–Trinajstić information content (AvgIpc) is 3.02. The van der Waals surface area contributed by atoms with Crippen LogP contribution in [-0.2, 0) is 11.3 Å². The van der Waals surface area contributed by atoms with Gasteiger partial charge in [0.25, 0.3) is 0 Å². The Morgan fingerprint density at radius 1 is 1.39 bits per heavy atom. The predicted octanol–water partition coefficient (Wildman–Crippen LogP) is 2.93. The van der Waals surface area contributed by atoms with E-state index in [0.717, 1.165) is 19.5 Å². The molecule has 1 aliphatic heterocycles. The molecule has 2 heterocycles. The quantitative estimate of drug-likeness (QED) is 0.848. The van der Waals surface area contributed by atoms with E-state index in [1.165, 1.54) is 16.0 Å². The molecule has 1 amide bonds. The molecular formula is C14H14N2OS.